The Labute approximate surface area is 164 Å². The molecule has 0 atom stereocenters. The Hall–Kier alpha value is -3.88. The number of nitrogens with two attached hydrogens (primary N) is 1. The van der Waals surface area contributed by atoms with Gasteiger partial charge in [-0.3, -0.25) is 10.2 Å². The molecule has 0 aromatic heterocycles. The van der Waals surface area contributed by atoms with E-state index in [-0.39, 0.29) is 11.4 Å². The van der Waals surface area contributed by atoms with E-state index >= 15 is 0 Å². The number of ether oxygens (including phenoxy) is 1. The Morgan fingerprint density at radius 1 is 1.14 bits per heavy atom. The number of ketones is 1. The second-order valence-electron chi connectivity index (χ2n) is 5.41. The Kier molecular flexibility index (Phi) is 7.72. The molecule has 9 heteroatoms. The second kappa shape index (κ2) is 10.5. The molecule has 0 fully saturated rings. The molecule has 4 N–H and O–H groups in total. The number of allylic oxidation sites excluding steroid dienone is 2. The molecule has 150 valence electrons. The number of aliphatic imine (C=N–C) groups is 1. The number of alkyl halides is 2. The van der Waals surface area contributed by atoms with Crippen LogP contribution in [-0.4, -0.2) is 23.8 Å². The minimum Gasteiger partial charge on any atom is -0.429 e. The number of halogens is 3. The highest BCUT2D eigenvalue weighted by atomic mass is 19.3. The van der Waals surface area contributed by atoms with Crippen molar-refractivity contribution in [2.24, 2.45) is 10.7 Å². The third-order valence-electron chi connectivity index (χ3n) is 3.42. The van der Waals surface area contributed by atoms with Crippen molar-refractivity contribution in [3.8, 4) is 0 Å². The fraction of sp³-hybridized carbons (Fsp3) is 0.0500. The van der Waals surface area contributed by atoms with E-state index in [1.54, 1.807) is 30.3 Å². The standard InChI is InChI=1S/C20H17F3N4O2/c21-14-8-4-5-9-15(14)26-12-17(29-20(22)23)19(28)18(25)16(10-11-24)27-13-6-2-1-3-7-13/h1-12,20,25-26H,24H2/b11-10?,17-12+,25-18?,27-16?. The van der Waals surface area contributed by atoms with Gasteiger partial charge in [-0.2, -0.15) is 8.78 Å². The Morgan fingerprint density at radius 3 is 2.41 bits per heavy atom. The van der Waals surface area contributed by atoms with E-state index in [0.717, 1.165) is 18.5 Å². The van der Waals surface area contributed by atoms with Crippen LogP contribution in [0.5, 0.6) is 0 Å². The van der Waals surface area contributed by atoms with Crippen molar-refractivity contribution in [2.45, 2.75) is 6.61 Å². The van der Waals surface area contributed by atoms with Crippen LogP contribution in [0.25, 0.3) is 0 Å². The summed E-state index contributed by atoms with van der Waals surface area (Å²) >= 11 is 0. The van der Waals surface area contributed by atoms with Gasteiger partial charge in [0.15, 0.2) is 5.76 Å². The molecule has 0 amide bonds. The summed E-state index contributed by atoms with van der Waals surface area (Å²) in [5.41, 5.74) is 4.79. The number of Topliss-reactive ketones (excluding diaryl/α,β-unsaturated/α-hetero) is 1. The molecule has 0 saturated heterocycles. The average molecular weight is 402 g/mol. The van der Waals surface area contributed by atoms with E-state index in [9.17, 15) is 18.0 Å². The van der Waals surface area contributed by atoms with Gasteiger partial charge in [0, 0.05) is 6.20 Å². The minimum absolute atomic E-state index is 0.0674. The first-order chi connectivity index (χ1) is 13.9. The summed E-state index contributed by atoms with van der Waals surface area (Å²) in [5.74, 6) is -2.75. The maximum absolute atomic E-state index is 13.7. The van der Waals surface area contributed by atoms with Gasteiger partial charge in [-0.15, -0.1) is 0 Å². The van der Waals surface area contributed by atoms with Crippen molar-refractivity contribution in [3.63, 3.8) is 0 Å². The van der Waals surface area contributed by atoms with E-state index in [1.807, 2.05) is 0 Å². The number of carbonyl (C=O) groups is 1. The predicted octanol–water partition coefficient (Wildman–Crippen LogP) is 4.15. The highest BCUT2D eigenvalue weighted by molar-refractivity contribution is 6.71. The molecule has 0 radical (unpaired) electrons. The predicted molar refractivity (Wildman–Crippen MR) is 105 cm³/mol. The molecule has 0 unspecified atom stereocenters. The van der Waals surface area contributed by atoms with Crippen LogP contribution in [0.15, 0.2) is 83.8 Å². The molecule has 0 aliphatic rings. The summed E-state index contributed by atoms with van der Waals surface area (Å²) in [4.78, 5) is 16.7. The molecular weight excluding hydrogens is 385 g/mol. The fourth-order valence-corrected chi connectivity index (χ4v) is 2.12. The molecule has 2 aromatic carbocycles. The summed E-state index contributed by atoms with van der Waals surface area (Å²) < 4.78 is 43.4. The lowest BCUT2D eigenvalue weighted by molar-refractivity contribution is -0.127. The van der Waals surface area contributed by atoms with Crippen molar-refractivity contribution in [1.29, 1.82) is 5.41 Å². The number of nitrogens with zero attached hydrogens (tertiary/aromatic N) is 1. The average Bonchev–Trinajstić information content (AvgIpc) is 2.71. The molecule has 0 aliphatic heterocycles. The quantitative estimate of drug-likeness (QED) is 0.333. The van der Waals surface area contributed by atoms with Gasteiger partial charge >= 0.3 is 6.61 Å². The van der Waals surface area contributed by atoms with Crippen LogP contribution in [0.3, 0.4) is 0 Å². The van der Waals surface area contributed by atoms with E-state index in [2.05, 4.69) is 15.0 Å². The first kappa shape index (κ1) is 21.4. The van der Waals surface area contributed by atoms with Gasteiger partial charge < -0.3 is 15.8 Å². The Balaban J connectivity index is 2.33. The lowest BCUT2D eigenvalue weighted by atomic mass is 10.1. The molecule has 2 rings (SSSR count). The minimum atomic E-state index is -3.33. The van der Waals surface area contributed by atoms with Gasteiger partial charge in [-0.05, 0) is 36.5 Å². The third kappa shape index (κ3) is 6.35. The first-order valence-corrected chi connectivity index (χ1v) is 8.24. The Bertz CT molecular complexity index is 957. The summed E-state index contributed by atoms with van der Waals surface area (Å²) in [5, 5.41) is 10.4. The summed E-state index contributed by atoms with van der Waals surface area (Å²) in [6.45, 7) is -3.33. The normalized spacial score (nSPS) is 12.3. The molecular formula is C20H17F3N4O2. The van der Waals surface area contributed by atoms with Gasteiger partial charge in [0.25, 0.3) is 0 Å². The van der Waals surface area contributed by atoms with Gasteiger partial charge in [0.1, 0.15) is 11.5 Å². The van der Waals surface area contributed by atoms with Crippen LogP contribution in [-0.2, 0) is 9.53 Å². The smallest absolute Gasteiger partial charge is 0.387 e. The van der Waals surface area contributed by atoms with Crippen LogP contribution in [0, 0.1) is 11.2 Å². The lowest BCUT2D eigenvalue weighted by Gasteiger charge is -2.11. The molecule has 6 nitrogen and oxygen atoms in total. The number of hydrogen-bond acceptors (Lipinski definition) is 6. The zero-order valence-corrected chi connectivity index (χ0v) is 15.0. The van der Waals surface area contributed by atoms with Crippen LogP contribution in [0.4, 0.5) is 24.5 Å². The van der Waals surface area contributed by atoms with E-state index in [1.165, 1.54) is 24.3 Å². The number of nitrogens with one attached hydrogen (secondary N) is 2. The van der Waals surface area contributed by atoms with Gasteiger partial charge in [-0.1, -0.05) is 30.3 Å². The van der Waals surface area contributed by atoms with Crippen LogP contribution in [0.2, 0.25) is 0 Å². The molecule has 0 saturated carbocycles. The lowest BCUT2D eigenvalue weighted by Crippen LogP contribution is -2.26. The number of benzene rings is 2. The molecule has 29 heavy (non-hydrogen) atoms. The number of rotatable bonds is 9. The van der Waals surface area contributed by atoms with Crippen molar-refractivity contribution in [2.75, 3.05) is 5.32 Å². The number of para-hydroxylation sites is 2. The number of hydrogen-bond donors (Lipinski definition) is 3. The maximum atomic E-state index is 13.7. The second-order valence-corrected chi connectivity index (χ2v) is 5.41. The number of anilines is 1. The monoisotopic (exact) mass is 402 g/mol. The molecule has 0 bridgehead atoms. The topological polar surface area (TPSA) is 101 Å². The van der Waals surface area contributed by atoms with Crippen LogP contribution >= 0.6 is 0 Å². The first-order valence-electron chi connectivity index (χ1n) is 8.24. The third-order valence-corrected chi connectivity index (χ3v) is 3.42. The number of carbonyl (C=O) groups excluding carboxylic acids is 1. The van der Waals surface area contributed by atoms with Crippen LogP contribution in [0.1, 0.15) is 0 Å². The van der Waals surface area contributed by atoms with E-state index in [4.69, 9.17) is 11.1 Å². The molecule has 2 aromatic rings. The summed E-state index contributed by atoms with van der Waals surface area (Å²) in [6, 6.07) is 13.8. The SMILES string of the molecule is N=C(C(=O)/C(=C\Nc1ccccc1F)OC(F)F)C(C=CN)=Nc1ccccc1. The molecule has 0 aliphatic carbocycles. The Morgan fingerprint density at radius 2 is 1.79 bits per heavy atom. The van der Waals surface area contributed by atoms with Gasteiger partial charge in [0.2, 0.25) is 5.78 Å². The summed E-state index contributed by atoms with van der Waals surface area (Å²) in [7, 11) is 0. The van der Waals surface area contributed by atoms with E-state index < -0.39 is 29.7 Å². The largest absolute Gasteiger partial charge is 0.429 e. The summed E-state index contributed by atoms with van der Waals surface area (Å²) in [6.07, 6.45) is 2.99. The van der Waals surface area contributed by atoms with E-state index in [0.29, 0.717) is 5.69 Å². The van der Waals surface area contributed by atoms with Crippen LogP contribution < -0.4 is 11.1 Å². The van der Waals surface area contributed by atoms with Crippen molar-refractivity contribution >= 4 is 28.6 Å². The highest BCUT2D eigenvalue weighted by Crippen LogP contribution is 2.16. The molecule has 0 heterocycles. The fourth-order valence-electron chi connectivity index (χ4n) is 2.12. The zero-order chi connectivity index (χ0) is 21.2. The van der Waals surface area contributed by atoms with Gasteiger partial charge in [-0.25, -0.2) is 9.38 Å². The molecule has 0 spiro atoms. The zero-order valence-electron chi connectivity index (χ0n) is 15.0. The highest BCUT2D eigenvalue weighted by Gasteiger charge is 2.23. The van der Waals surface area contributed by atoms with Crippen molar-refractivity contribution in [3.05, 3.63) is 84.6 Å². The van der Waals surface area contributed by atoms with Gasteiger partial charge in [0.05, 0.1) is 17.1 Å². The maximum Gasteiger partial charge on any atom is 0.387 e. The van der Waals surface area contributed by atoms with Crippen molar-refractivity contribution < 1.29 is 22.7 Å². The van der Waals surface area contributed by atoms with Crippen molar-refractivity contribution in [1.82, 2.24) is 0 Å².